The molecule has 6 nitrogen and oxygen atoms in total. The minimum atomic E-state index is -0.0198. The molecular formula is C14H20N4O2. The van der Waals surface area contributed by atoms with Crippen LogP contribution in [0.5, 0.6) is 0 Å². The summed E-state index contributed by atoms with van der Waals surface area (Å²) in [4.78, 5) is 14.2. The summed E-state index contributed by atoms with van der Waals surface area (Å²) in [5.74, 6) is 0. The summed E-state index contributed by atoms with van der Waals surface area (Å²) >= 11 is 0. The summed E-state index contributed by atoms with van der Waals surface area (Å²) in [5.41, 5.74) is 0.772. The molecule has 20 heavy (non-hydrogen) atoms. The molecule has 6 heteroatoms. The molecule has 2 aliphatic rings. The van der Waals surface area contributed by atoms with Gasteiger partial charge < -0.3 is 15.0 Å². The van der Waals surface area contributed by atoms with E-state index >= 15 is 0 Å². The van der Waals surface area contributed by atoms with Crippen LogP contribution < -0.4 is 5.32 Å². The second-order valence-electron chi connectivity index (χ2n) is 5.33. The monoisotopic (exact) mass is 276 g/mol. The molecule has 2 saturated heterocycles. The van der Waals surface area contributed by atoms with Gasteiger partial charge in [0.25, 0.3) is 0 Å². The average Bonchev–Trinajstić information content (AvgIpc) is 3.15. The Kier molecular flexibility index (Phi) is 4.11. The molecule has 1 aromatic heterocycles. The normalized spacial score (nSPS) is 25.9. The lowest BCUT2D eigenvalue weighted by molar-refractivity contribution is 0.0520. The van der Waals surface area contributed by atoms with Crippen molar-refractivity contribution in [3.63, 3.8) is 0 Å². The zero-order valence-corrected chi connectivity index (χ0v) is 11.5. The third-order valence-corrected chi connectivity index (χ3v) is 4.00. The Morgan fingerprint density at radius 3 is 3.15 bits per heavy atom. The number of nitrogens with one attached hydrogen (secondary N) is 1. The van der Waals surface area contributed by atoms with Crippen molar-refractivity contribution in [3.8, 4) is 0 Å². The molecule has 108 valence electrons. The number of ether oxygens (including phenoxy) is 1. The molecule has 3 rings (SSSR count). The van der Waals surface area contributed by atoms with Gasteiger partial charge in [-0.15, -0.1) is 0 Å². The number of nitrogens with zero attached hydrogens (tertiary/aromatic N) is 3. The maximum Gasteiger partial charge on any atom is 0.318 e. The fourth-order valence-corrected chi connectivity index (χ4v) is 3.03. The second-order valence-corrected chi connectivity index (χ2v) is 5.33. The van der Waals surface area contributed by atoms with Crippen molar-refractivity contribution < 1.29 is 9.53 Å². The molecule has 0 saturated carbocycles. The van der Waals surface area contributed by atoms with Gasteiger partial charge in [0.05, 0.1) is 24.4 Å². The highest BCUT2D eigenvalue weighted by molar-refractivity contribution is 5.74. The molecule has 1 N–H and O–H groups in total. The summed E-state index contributed by atoms with van der Waals surface area (Å²) in [6.45, 7) is 2.06. The SMILES string of the molecule is O=C(NCc1cccnn1)N1CCCC1C1CCCO1. The lowest BCUT2D eigenvalue weighted by atomic mass is 10.1. The maximum absolute atomic E-state index is 12.3. The zero-order chi connectivity index (χ0) is 13.8. The first-order valence-corrected chi connectivity index (χ1v) is 7.27. The standard InChI is InChI=1S/C14H20N4O2/c19-14(15-10-11-4-1-7-16-17-11)18-8-2-5-12(18)13-6-3-9-20-13/h1,4,7,12-13H,2-3,5-6,8-10H2,(H,15,19). The fraction of sp³-hybridized carbons (Fsp3) is 0.643. The first-order valence-electron chi connectivity index (χ1n) is 7.27. The molecule has 0 bridgehead atoms. The molecule has 2 aliphatic heterocycles. The van der Waals surface area contributed by atoms with Gasteiger partial charge in [0.2, 0.25) is 0 Å². The summed E-state index contributed by atoms with van der Waals surface area (Å²) in [6, 6.07) is 3.89. The summed E-state index contributed by atoms with van der Waals surface area (Å²) in [7, 11) is 0. The largest absolute Gasteiger partial charge is 0.376 e. The third-order valence-electron chi connectivity index (χ3n) is 4.00. The Hall–Kier alpha value is -1.69. The lowest BCUT2D eigenvalue weighted by Gasteiger charge is -2.28. The first kappa shape index (κ1) is 13.3. The first-order chi connectivity index (χ1) is 9.84. The van der Waals surface area contributed by atoms with Crippen molar-refractivity contribution in [2.45, 2.75) is 44.4 Å². The summed E-state index contributed by atoms with van der Waals surface area (Å²) < 4.78 is 5.74. The van der Waals surface area contributed by atoms with Crippen molar-refractivity contribution >= 4 is 6.03 Å². The Morgan fingerprint density at radius 2 is 2.40 bits per heavy atom. The Balaban J connectivity index is 1.55. The number of carbonyl (C=O) groups excluding carboxylic acids is 1. The van der Waals surface area contributed by atoms with Crippen molar-refractivity contribution in [3.05, 3.63) is 24.0 Å². The number of aromatic nitrogens is 2. The van der Waals surface area contributed by atoms with Crippen LogP contribution in [0.4, 0.5) is 4.79 Å². The van der Waals surface area contributed by atoms with Gasteiger partial charge in [0.1, 0.15) is 0 Å². The molecule has 0 radical (unpaired) electrons. The van der Waals surface area contributed by atoms with Crippen LogP contribution in [0.3, 0.4) is 0 Å². The van der Waals surface area contributed by atoms with E-state index in [1.807, 2.05) is 17.0 Å². The Labute approximate surface area is 118 Å². The van der Waals surface area contributed by atoms with E-state index in [2.05, 4.69) is 15.5 Å². The number of amides is 2. The number of hydrogen-bond donors (Lipinski definition) is 1. The van der Waals surface area contributed by atoms with Crippen LogP contribution in [-0.2, 0) is 11.3 Å². The number of urea groups is 1. The predicted octanol–water partition coefficient (Wildman–Crippen LogP) is 1.33. The molecule has 2 amide bonds. The van der Waals surface area contributed by atoms with Gasteiger partial charge >= 0.3 is 6.03 Å². The summed E-state index contributed by atoms with van der Waals surface area (Å²) in [6.07, 6.45) is 6.13. The van der Waals surface area contributed by atoms with Gasteiger partial charge in [-0.25, -0.2) is 4.79 Å². The van der Waals surface area contributed by atoms with E-state index in [4.69, 9.17) is 4.74 Å². The number of likely N-dealkylation sites (tertiary alicyclic amines) is 1. The van der Waals surface area contributed by atoms with Crippen molar-refractivity contribution in [1.29, 1.82) is 0 Å². The highest BCUT2D eigenvalue weighted by atomic mass is 16.5. The molecule has 1 aromatic rings. The van der Waals surface area contributed by atoms with Crippen molar-refractivity contribution in [1.82, 2.24) is 20.4 Å². The molecule has 3 heterocycles. The van der Waals surface area contributed by atoms with Gasteiger partial charge in [-0.2, -0.15) is 10.2 Å². The molecule has 2 fully saturated rings. The predicted molar refractivity (Wildman–Crippen MR) is 73.0 cm³/mol. The zero-order valence-electron chi connectivity index (χ0n) is 11.5. The minimum absolute atomic E-state index is 0.0198. The quantitative estimate of drug-likeness (QED) is 0.904. The molecule has 0 aromatic carbocycles. The van der Waals surface area contributed by atoms with Gasteiger partial charge in [-0.3, -0.25) is 0 Å². The number of carbonyl (C=O) groups is 1. The van der Waals surface area contributed by atoms with E-state index < -0.39 is 0 Å². The molecular weight excluding hydrogens is 256 g/mol. The maximum atomic E-state index is 12.3. The van der Waals surface area contributed by atoms with E-state index in [0.29, 0.717) is 6.54 Å². The number of rotatable bonds is 3. The average molecular weight is 276 g/mol. The van der Waals surface area contributed by atoms with Gasteiger partial charge in [-0.05, 0) is 37.8 Å². The second kappa shape index (κ2) is 6.17. The fourth-order valence-electron chi connectivity index (χ4n) is 3.03. The van der Waals surface area contributed by atoms with E-state index in [1.54, 1.807) is 6.20 Å². The van der Waals surface area contributed by atoms with E-state index in [1.165, 1.54) is 0 Å². The summed E-state index contributed by atoms with van der Waals surface area (Å²) in [5, 5.41) is 10.7. The molecule has 0 aliphatic carbocycles. The van der Waals surface area contributed by atoms with Gasteiger partial charge in [0.15, 0.2) is 0 Å². The Bertz CT molecular complexity index is 448. The smallest absolute Gasteiger partial charge is 0.318 e. The molecule has 2 atom stereocenters. The lowest BCUT2D eigenvalue weighted by Crippen LogP contribution is -2.47. The molecule has 2 unspecified atom stereocenters. The van der Waals surface area contributed by atoms with Crippen LogP contribution >= 0.6 is 0 Å². The number of hydrogen-bond acceptors (Lipinski definition) is 4. The van der Waals surface area contributed by atoms with Gasteiger partial charge in [0, 0.05) is 19.3 Å². The van der Waals surface area contributed by atoms with Crippen molar-refractivity contribution in [2.75, 3.05) is 13.2 Å². The highest BCUT2D eigenvalue weighted by Gasteiger charge is 2.36. The van der Waals surface area contributed by atoms with E-state index in [9.17, 15) is 4.79 Å². The van der Waals surface area contributed by atoms with E-state index in [0.717, 1.165) is 44.5 Å². The van der Waals surface area contributed by atoms with Gasteiger partial charge in [-0.1, -0.05) is 0 Å². The van der Waals surface area contributed by atoms with Crippen LogP contribution in [0.2, 0.25) is 0 Å². The van der Waals surface area contributed by atoms with Crippen LogP contribution in [0, 0.1) is 0 Å². The topological polar surface area (TPSA) is 67.4 Å². The van der Waals surface area contributed by atoms with Crippen LogP contribution in [0.1, 0.15) is 31.4 Å². The Morgan fingerprint density at radius 1 is 1.45 bits per heavy atom. The minimum Gasteiger partial charge on any atom is -0.376 e. The van der Waals surface area contributed by atoms with Crippen LogP contribution in [-0.4, -0.2) is 46.4 Å². The van der Waals surface area contributed by atoms with Crippen LogP contribution in [0.25, 0.3) is 0 Å². The van der Waals surface area contributed by atoms with E-state index in [-0.39, 0.29) is 18.2 Å². The highest BCUT2D eigenvalue weighted by Crippen LogP contribution is 2.27. The van der Waals surface area contributed by atoms with Crippen LogP contribution in [0.15, 0.2) is 18.3 Å². The molecule has 0 spiro atoms. The van der Waals surface area contributed by atoms with Crippen molar-refractivity contribution in [2.24, 2.45) is 0 Å². The third kappa shape index (κ3) is 2.90.